The van der Waals surface area contributed by atoms with Gasteiger partial charge >= 0.3 is 0 Å². The van der Waals surface area contributed by atoms with Gasteiger partial charge in [0.1, 0.15) is 12.0 Å². The predicted molar refractivity (Wildman–Crippen MR) is 99.3 cm³/mol. The smallest absolute Gasteiger partial charge is 0.229 e. The third kappa shape index (κ3) is 4.72. The van der Waals surface area contributed by atoms with E-state index in [4.69, 9.17) is 9.47 Å². The van der Waals surface area contributed by atoms with Gasteiger partial charge < -0.3 is 20.1 Å². The van der Waals surface area contributed by atoms with E-state index < -0.39 is 6.17 Å². The van der Waals surface area contributed by atoms with Crippen LogP contribution in [0.5, 0.6) is 11.5 Å². The molecule has 3 rings (SSSR count). The monoisotopic (exact) mass is 361 g/mol. The van der Waals surface area contributed by atoms with Crippen LogP contribution in [0.3, 0.4) is 0 Å². The second kappa shape index (κ2) is 8.66. The first kappa shape index (κ1) is 18.2. The summed E-state index contributed by atoms with van der Waals surface area (Å²) in [5.41, 5.74) is 0.803. The molecule has 7 nitrogen and oxygen atoms in total. The Morgan fingerprint density at radius 3 is 2.85 bits per heavy atom. The average Bonchev–Trinajstić information content (AvgIpc) is 2.64. The van der Waals surface area contributed by atoms with Crippen molar-refractivity contribution in [3.63, 3.8) is 0 Å². The number of halogens is 1. The maximum Gasteiger partial charge on any atom is 0.229 e. The molecule has 1 fully saturated rings. The summed E-state index contributed by atoms with van der Waals surface area (Å²) in [7, 11) is 3.41. The largest absolute Gasteiger partial charge is 0.493 e. The minimum absolute atomic E-state index is 0.492. The van der Waals surface area contributed by atoms with E-state index in [-0.39, 0.29) is 0 Å². The molecule has 0 saturated carbocycles. The van der Waals surface area contributed by atoms with Crippen molar-refractivity contribution in [3.05, 3.63) is 30.5 Å². The first-order valence-corrected chi connectivity index (χ1v) is 8.63. The van der Waals surface area contributed by atoms with Gasteiger partial charge in [0.15, 0.2) is 11.5 Å². The Kier molecular flexibility index (Phi) is 6.06. The molecule has 140 valence electrons. The van der Waals surface area contributed by atoms with Crippen molar-refractivity contribution in [2.75, 3.05) is 51.0 Å². The number of aromatic nitrogens is 2. The number of nitrogens with zero attached hydrogens (tertiary/aromatic N) is 3. The fraction of sp³-hybridized carbons (Fsp3) is 0.444. The maximum absolute atomic E-state index is 12.8. The Bertz CT molecular complexity index is 724. The van der Waals surface area contributed by atoms with Crippen molar-refractivity contribution >= 4 is 17.5 Å². The zero-order chi connectivity index (χ0) is 18.4. The Hall–Kier alpha value is -2.61. The molecule has 0 amide bonds. The standard InChI is InChI=1S/C18H24FN5O2/c1-20-17-6-7-21-18(23-17)22-14-4-5-15(25-2)16(10-14)26-9-3-8-24-11-13(19)12-24/h4-7,10,13H,3,8-9,11-12H2,1-2H3,(H2,20,21,22,23). The number of ether oxygens (including phenoxy) is 2. The molecule has 2 aromatic rings. The van der Waals surface area contributed by atoms with E-state index in [9.17, 15) is 4.39 Å². The number of hydrogen-bond donors (Lipinski definition) is 2. The van der Waals surface area contributed by atoms with Gasteiger partial charge in [-0.05, 0) is 24.6 Å². The summed E-state index contributed by atoms with van der Waals surface area (Å²) in [5, 5.41) is 6.13. The molecule has 2 heterocycles. The molecule has 1 aromatic heterocycles. The van der Waals surface area contributed by atoms with Crippen LogP contribution in [-0.4, -0.2) is 61.4 Å². The van der Waals surface area contributed by atoms with Crippen LogP contribution in [0, 0.1) is 0 Å². The van der Waals surface area contributed by atoms with Crippen LogP contribution in [0.2, 0.25) is 0 Å². The number of anilines is 3. The second-order valence-corrected chi connectivity index (χ2v) is 6.06. The maximum atomic E-state index is 12.8. The molecule has 1 saturated heterocycles. The Balaban J connectivity index is 1.58. The van der Waals surface area contributed by atoms with Crippen molar-refractivity contribution in [1.82, 2.24) is 14.9 Å². The molecule has 0 unspecified atom stereocenters. The molecule has 1 aliphatic heterocycles. The van der Waals surface area contributed by atoms with E-state index in [2.05, 4.69) is 25.5 Å². The third-order valence-electron chi connectivity index (χ3n) is 4.12. The van der Waals surface area contributed by atoms with E-state index >= 15 is 0 Å². The molecule has 0 aliphatic carbocycles. The molecule has 0 radical (unpaired) electrons. The first-order valence-electron chi connectivity index (χ1n) is 8.63. The van der Waals surface area contributed by atoms with Gasteiger partial charge in [0.05, 0.1) is 13.7 Å². The number of likely N-dealkylation sites (tertiary alicyclic amines) is 1. The van der Waals surface area contributed by atoms with E-state index in [1.807, 2.05) is 18.2 Å². The lowest BCUT2D eigenvalue weighted by molar-refractivity contribution is 0.0611. The van der Waals surface area contributed by atoms with Gasteiger partial charge in [0.2, 0.25) is 5.95 Å². The summed E-state index contributed by atoms with van der Waals surface area (Å²) in [5.74, 6) is 2.53. The summed E-state index contributed by atoms with van der Waals surface area (Å²) < 4.78 is 24.0. The highest BCUT2D eigenvalue weighted by Crippen LogP contribution is 2.31. The number of methoxy groups -OCH3 is 1. The Morgan fingerprint density at radius 1 is 1.27 bits per heavy atom. The van der Waals surface area contributed by atoms with Crippen LogP contribution >= 0.6 is 0 Å². The van der Waals surface area contributed by atoms with Crippen molar-refractivity contribution in [3.8, 4) is 11.5 Å². The minimum atomic E-state index is -0.664. The van der Waals surface area contributed by atoms with Crippen LogP contribution in [0.4, 0.5) is 21.8 Å². The lowest BCUT2D eigenvalue weighted by Gasteiger charge is -2.34. The highest BCUT2D eigenvalue weighted by atomic mass is 19.1. The fourth-order valence-corrected chi connectivity index (χ4v) is 2.71. The quantitative estimate of drug-likeness (QED) is 0.665. The molecular formula is C18H24FN5O2. The third-order valence-corrected chi connectivity index (χ3v) is 4.12. The van der Waals surface area contributed by atoms with Gasteiger partial charge in [-0.2, -0.15) is 4.98 Å². The van der Waals surface area contributed by atoms with Crippen LogP contribution in [0.1, 0.15) is 6.42 Å². The molecule has 0 atom stereocenters. The normalized spacial score (nSPS) is 14.6. The lowest BCUT2D eigenvalue weighted by Crippen LogP contribution is -2.48. The zero-order valence-electron chi connectivity index (χ0n) is 15.0. The highest BCUT2D eigenvalue weighted by Gasteiger charge is 2.25. The summed E-state index contributed by atoms with van der Waals surface area (Å²) in [6.45, 7) is 2.45. The highest BCUT2D eigenvalue weighted by molar-refractivity contribution is 5.60. The SMILES string of the molecule is CNc1ccnc(Nc2ccc(OC)c(OCCCN3CC(F)C3)c2)n1. The zero-order valence-corrected chi connectivity index (χ0v) is 15.0. The van der Waals surface area contributed by atoms with Crippen LogP contribution in [0.25, 0.3) is 0 Å². The van der Waals surface area contributed by atoms with Gasteiger partial charge in [-0.1, -0.05) is 0 Å². The van der Waals surface area contributed by atoms with E-state index in [0.717, 1.165) is 24.5 Å². The van der Waals surface area contributed by atoms with E-state index in [1.165, 1.54) is 0 Å². The average molecular weight is 361 g/mol. The first-order chi connectivity index (χ1) is 12.7. The molecule has 1 aliphatic rings. The van der Waals surface area contributed by atoms with Gasteiger partial charge in [-0.25, -0.2) is 9.37 Å². The van der Waals surface area contributed by atoms with Crippen LogP contribution in [0.15, 0.2) is 30.5 Å². The molecule has 8 heteroatoms. The summed E-state index contributed by atoms with van der Waals surface area (Å²) in [6, 6.07) is 7.36. The minimum Gasteiger partial charge on any atom is -0.493 e. The van der Waals surface area contributed by atoms with Crippen molar-refractivity contribution in [2.24, 2.45) is 0 Å². The molecular weight excluding hydrogens is 337 g/mol. The number of benzene rings is 1. The summed E-state index contributed by atoms with van der Waals surface area (Å²) in [6.07, 6.45) is 1.85. The van der Waals surface area contributed by atoms with Crippen LogP contribution < -0.4 is 20.1 Å². The second-order valence-electron chi connectivity index (χ2n) is 6.06. The van der Waals surface area contributed by atoms with Crippen molar-refractivity contribution < 1.29 is 13.9 Å². The Labute approximate surface area is 152 Å². The summed E-state index contributed by atoms with van der Waals surface area (Å²) in [4.78, 5) is 10.6. The van der Waals surface area contributed by atoms with Gasteiger partial charge in [-0.15, -0.1) is 0 Å². The molecule has 1 aromatic carbocycles. The molecule has 0 spiro atoms. The fourth-order valence-electron chi connectivity index (χ4n) is 2.71. The molecule has 2 N–H and O–H groups in total. The number of hydrogen-bond acceptors (Lipinski definition) is 7. The molecule has 26 heavy (non-hydrogen) atoms. The lowest BCUT2D eigenvalue weighted by atomic mass is 10.2. The Morgan fingerprint density at radius 2 is 2.12 bits per heavy atom. The number of nitrogens with one attached hydrogen (secondary N) is 2. The van der Waals surface area contributed by atoms with Crippen LogP contribution in [-0.2, 0) is 0 Å². The van der Waals surface area contributed by atoms with Crippen molar-refractivity contribution in [1.29, 1.82) is 0 Å². The van der Waals surface area contributed by atoms with Crippen molar-refractivity contribution in [2.45, 2.75) is 12.6 Å². The summed E-state index contributed by atoms with van der Waals surface area (Å²) >= 11 is 0. The van der Waals surface area contributed by atoms with E-state index in [1.54, 1.807) is 26.4 Å². The number of rotatable bonds is 9. The number of alkyl halides is 1. The van der Waals surface area contributed by atoms with Gasteiger partial charge in [0.25, 0.3) is 0 Å². The van der Waals surface area contributed by atoms with Gasteiger partial charge in [0, 0.05) is 44.6 Å². The van der Waals surface area contributed by atoms with E-state index in [0.29, 0.717) is 37.1 Å². The van der Waals surface area contributed by atoms with Gasteiger partial charge in [-0.3, -0.25) is 4.90 Å². The topological polar surface area (TPSA) is 71.5 Å². The molecule has 0 bridgehead atoms. The predicted octanol–water partition coefficient (Wildman–Crippen LogP) is 2.69.